The summed E-state index contributed by atoms with van der Waals surface area (Å²) in [6.07, 6.45) is 2.96. The summed E-state index contributed by atoms with van der Waals surface area (Å²) in [6, 6.07) is 17.1. The van der Waals surface area contributed by atoms with Crippen LogP contribution in [0.4, 0.5) is 5.69 Å². The Kier molecular flexibility index (Phi) is 5.12. The summed E-state index contributed by atoms with van der Waals surface area (Å²) in [6.45, 7) is 0.120. The maximum Gasteiger partial charge on any atom is 0.266 e. The standard InChI is InChI=1S/C20H17ClN4O3S/c1-28-18-7-5-17(6-8-18)25(12-15-3-2-4-16(21)11-15)29(26,27)19-9-10-20-23-22-14-24(20)13-19/h2-11,13-14H,12H2,1H3. The normalized spacial score (nSPS) is 11.5. The highest BCUT2D eigenvalue weighted by Crippen LogP contribution is 2.28. The van der Waals surface area contributed by atoms with Crippen LogP contribution in [-0.2, 0) is 16.6 Å². The van der Waals surface area contributed by atoms with Crippen molar-refractivity contribution in [3.05, 3.63) is 83.8 Å². The lowest BCUT2D eigenvalue weighted by Gasteiger charge is -2.25. The average Bonchev–Trinajstić information content (AvgIpc) is 3.20. The molecular formula is C20H17ClN4O3S. The molecule has 7 nitrogen and oxygen atoms in total. The van der Waals surface area contributed by atoms with Crippen LogP contribution in [0, 0.1) is 0 Å². The van der Waals surface area contributed by atoms with Crippen molar-refractivity contribution >= 4 is 33.0 Å². The fourth-order valence-corrected chi connectivity index (χ4v) is 4.62. The van der Waals surface area contributed by atoms with Crippen molar-refractivity contribution in [3.8, 4) is 5.75 Å². The van der Waals surface area contributed by atoms with E-state index in [1.807, 2.05) is 6.07 Å². The van der Waals surface area contributed by atoms with Gasteiger partial charge in [-0.2, -0.15) is 0 Å². The van der Waals surface area contributed by atoms with Crippen LogP contribution >= 0.6 is 11.6 Å². The van der Waals surface area contributed by atoms with Gasteiger partial charge in [-0.05, 0) is 54.1 Å². The molecule has 9 heteroatoms. The number of anilines is 1. The Morgan fingerprint density at radius 1 is 1.10 bits per heavy atom. The van der Waals surface area contributed by atoms with Gasteiger partial charge in [0.2, 0.25) is 0 Å². The van der Waals surface area contributed by atoms with Crippen molar-refractivity contribution in [1.29, 1.82) is 0 Å². The van der Waals surface area contributed by atoms with Crippen molar-refractivity contribution < 1.29 is 13.2 Å². The first-order valence-corrected chi connectivity index (χ1v) is 10.5. The molecule has 0 unspecified atom stereocenters. The predicted octanol–water partition coefficient (Wildman–Crippen LogP) is 3.79. The van der Waals surface area contributed by atoms with Crippen LogP contribution in [0.1, 0.15) is 5.56 Å². The van der Waals surface area contributed by atoms with Crippen molar-refractivity contribution in [1.82, 2.24) is 14.6 Å². The lowest BCUT2D eigenvalue weighted by molar-refractivity contribution is 0.415. The Morgan fingerprint density at radius 3 is 2.62 bits per heavy atom. The number of benzene rings is 2. The van der Waals surface area contributed by atoms with Gasteiger partial charge in [-0.3, -0.25) is 8.71 Å². The fraction of sp³-hybridized carbons (Fsp3) is 0.100. The van der Waals surface area contributed by atoms with Crippen molar-refractivity contribution in [2.24, 2.45) is 0 Å². The lowest BCUT2D eigenvalue weighted by atomic mass is 10.2. The molecule has 2 aromatic heterocycles. The zero-order valence-electron chi connectivity index (χ0n) is 15.4. The molecular weight excluding hydrogens is 412 g/mol. The summed E-state index contributed by atoms with van der Waals surface area (Å²) >= 11 is 6.10. The third kappa shape index (κ3) is 3.90. The van der Waals surface area contributed by atoms with Crippen LogP contribution in [0.2, 0.25) is 5.02 Å². The van der Waals surface area contributed by atoms with Crippen LogP contribution in [0.3, 0.4) is 0 Å². The minimum Gasteiger partial charge on any atom is -0.497 e. The number of fused-ring (bicyclic) bond motifs is 1. The second-order valence-corrected chi connectivity index (χ2v) is 8.60. The van der Waals surface area contributed by atoms with E-state index in [0.29, 0.717) is 22.1 Å². The molecule has 2 aromatic carbocycles. The van der Waals surface area contributed by atoms with Crippen LogP contribution in [-0.4, -0.2) is 30.1 Å². The molecule has 148 valence electrons. The third-order valence-electron chi connectivity index (χ3n) is 4.43. The van der Waals surface area contributed by atoms with E-state index in [-0.39, 0.29) is 11.4 Å². The van der Waals surface area contributed by atoms with Crippen LogP contribution < -0.4 is 9.04 Å². The molecule has 0 radical (unpaired) electrons. The van der Waals surface area contributed by atoms with E-state index < -0.39 is 10.0 Å². The number of hydrogen-bond acceptors (Lipinski definition) is 5. The van der Waals surface area contributed by atoms with Gasteiger partial charge < -0.3 is 4.74 Å². The zero-order chi connectivity index (χ0) is 20.4. The fourth-order valence-electron chi connectivity index (χ4n) is 2.95. The van der Waals surface area contributed by atoms with E-state index in [9.17, 15) is 8.42 Å². The van der Waals surface area contributed by atoms with E-state index in [1.165, 1.54) is 22.9 Å². The molecule has 0 amide bonds. The monoisotopic (exact) mass is 428 g/mol. The molecule has 0 aliphatic heterocycles. The largest absolute Gasteiger partial charge is 0.497 e. The first-order valence-electron chi connectivity index (χ1n) is 8.68. The number of ether oxygens (including phenoxy) is 1. The Balaban J connectivity index is 1.80. The van der Waals surface area contributed by atoms with Crippen molar-refractivity contribution in [2.75, 3.05) is 11.4 Å². The molecule has 2 heterocycles. The maximum absolute atomic E-state index is 13.5. The highest BCUT2D eigenvalue weighted by atomic mass is 35.5. The Morgan fingerprint density at radius 2 is 1.90 bits per heavy atom. The minimum atomic E-state index is -3.88. The lowest BCUT2D eigenvalue weighted by Crippen LogP contribution is -2.30. The maximum atomic E-state index is 13.5. The number of nitrogens with zero attached hydrogens (tertiary/aromatic N) is 4. The third-order valence-corrected chi connectivity index (χ3v) is 6.42. The first-order chi connectivity index (χ1) is 14.0. The number of hydrogen-bond donors (Lipinski definition) is 0. The molecule has 29 heavy (non-hydrogen) atoms. The van der Waals surface area contributed by atoms with Crippen molar-refractivity contribution in [3.63, 3.8) is 0 Å². The van der Waals surface area contributed by atoms with E-state index in [2.05, 4.69) is 10.2 Å². The molecule has 0 fully saturated rings. The highest BCUT2D eigenvalue weighted by Gasteiger charge is 2.26. The number of rotatable bonds is 6. The van der Waals surface area contributed by atoms with Gasteiger partial charge in [-0.25, -0.2) is 8.42 Å². The quantitative estimate of drug-likeness (QED) is 0.467. The number of pyridine rings is 1. The summed E-state index contributed by atoms with van der Waals surface area (Å²) in [5.41, 5.74) is 1.84. The summed E-state index contributed by atoms with van der Waals surface area (Å²) < 4.78 is 35.2. The Hall–Kier alpha value is -3.10. The van der Waals surface area contributed by atoms with Gasteiger partial charge in [-0.1, -0.05) is 23.7 Å². The summed E-state index contributed by atoms with van der Waals surface area (Å²) in [4.78, 5) is 0.127. The zero-order valence-corrected chi connectivity index (χ0v) is 17.0. The van der Waals surface area contributed by atoms with Gasteiger partial charge in [0, 0.05) is 11.2 Å². The minimum absolute atomic E-state index is 0.120. The van der Waals surface area contributed by atoms with Gasteiger partial charge in [0.05, 0.1) is 19.3 Å². The summed E-state index contributed by atoms with van der Waals surface area (Å²) in [7, 11) is -2.32. The van der Waals surface area contributed by atoms with E-state index in [0.717, 1.165) is 5.56 Å². The molecule has 0 N–H and O–H groups in total. The number of aromatic nitrogens is 3. The molecule has 0 bridgehead atoms. The number of methoxy groups -OCH3 is 1. The van der Waals surface area contributed by atoms with Gasteiger partial charge in [0.25, 0.3) is 10.0 Å². The van der Waals surface area contributed by atoms with Crippen LogP contribution in [0.5, 0.6) is 5.75 Å². The van der Waals surface area contributed by atoms with Crippen molar-refractivity contribution in [2.45, 2.75) is 11.4 Å². The molecule has 0 aliphatic carbocycles. The summed E-state index contributed by atoms with van der Waals surface area (Å²) in [5.74, 6) is 0.639. The van der Waals surface area contributed by atoms with Gasteiger partial charge in [-0.15, -0.1) is 10.2 Å². The van der Waals surface area contributed by atoms with E-state index >= 15 is 0 Å². The molecule has 0 spiro atoms. The molecule has 0 saturated heterocycles. The van der Waals surface area contributed by atoms with E-state index in [4.69, 9.17) is 16.3 Å². The molecule has 4 rings (SSSR count). The smallest absolute Gasteiger partial charge is 0.266 e. The molecule has 4 aromatic rings. The second-order valence-electron chi connectivity index (χ2n) is 6.30. The average molecular weight is 429 g/mol. The van der Waals surface area contributed by atoms with Gasteiger partial charge >= 0.3 is 0 Å². The predicted molar refractivity (Wildman–Crippen MR) is 111 cm³/mol. The van der Waals surface area contributed by atoms with Gasteiger partial charge in [0.1, 0.15) is 17.0 Å². The summed E-state index contributed by atoms with van der Waals surface area (Å²) in [5, 5.41) is 8.26. The van der Waals surface area contributed by atoms with E-state index in [1.54, 1.807) is 60.0 Å². The topological polar surface area (TPSA) is 76.8 Å². The SMILES string of the molecule is COc1ccc(N(Cc2cccc(Cl)c2)S(=O)(=O)c2ccc3nncn3c2)cc1. The molecule has 0 atom stereocenters. The second kappa shape index (κ2) is 7.73. The number of sulfonamides is 1. The molecule has 0 saturated carbocycles. The first kappa shape index (κ1) is 19.2. The highest BCUT2D eigenvalue weighted by molar-refractivity contribution is 7.92. The number of halogens is 1. The van der Waals surface area contributed by atoms with Gasteiger partial charge in [0.15, 0.2) is 5.65 Å². The van der Waals surface area contributed by atoms with Crippen LogP contribution in [0.15, 0.2) is 78.1 Å². The van der Waals surface area contributed by atoms with Crippen LogP contribution in [0.25, 0.3) is 5.65 Å². The Bertz CT molecular complexity index is 1260. The molecule has 0 aliphatic rings. The Labute approximate surface area is 173 Å².